The highest BCUT2D eigenvalue weighted by Gasteiger charge is 1.96. The van der Waals surface area contributed by atoms with Crippen molar-refractivity contribution in [1.82, 2.24) is 0 Å². The maximum absolute atomic E-state index is 9.83. The average molecular weight is 290 g/mol. The summed E-state index contributed by atoms with van der Waals surface area (Å²) in [5.74, 6) is -1.84. The summed E-state index contributed by atoms with van der Waals surface area (Å²) in [7, 11) is 0. The van der Waals surface area contributed by atoms with E-state index in [-0.39, 0.29) is 11.1 Å². The molecule has 0 unspecified atom stereocenters. The first kappa shape index (κ1) is 20.7. The number of hydrogen-bond acceptors (Lipinski definition) is 2. The van der Waals surface area contributed by atoms with E-state index >= 15 is 0 Å². The smallest absolute Gasteiger partial charge is 0.330 e. The van der Waals surface area contributed by atoms with E-state index in [1.165, 1.54) is 12.5 Å². The van der Waals surface area contributed by atoms with E-state index in [9.17, 15) is 9.59 Å². The van der Waals surface area contributed by atoms with Gasteiger partial charge >= 0.3 is 11.9 Å². The van der Waals surface area contributed by atoms with Gasteiger partial charge in [0.25, 0.3) is 0 Å². The number of aliphatic carboxylic acids is 2. The molecule has 0 radical (unpaired) electrons. The lowest BCUT2D eigenvalue weighted by molar-refractivity contribution is -0.133. The Morgan fingerprint density at radius 2 is 1.52 bits per heavy atom. The summed E-state index contributed by atoms with van der Waals surface area (Å²) in [5.41, 5.74) is 1.61. The molecule has 0 aliphatic rings. The van der Waals surface area contributed by atoms with Crippen molar-refractivity contribution >= 4 is 18.0 Å². The zero-order valence-electron chi connectivity index (χ0n) is 12.5. The van der Waals surface area contributed by atoms with E-state index in [2.05, 4.69) is 19.7 Å². The van der Waals surface area contributed by atoms with Crippen LogP contribution < -0.4 is 0 Å². The molecule has 4 heteroatoms. The van der Waals surface area contributed by atoms with Crippen LogP contribution >= 0.6 is 0 Å². The van der Waals surface area contributed by atoms with Crippen LogP contribution in [0.4, 0.5) is 0 Å². The van der Waals surface area contributed by atoms with E-state index in [1.807, 2.05) is 36.4 Å². The first-order valence-corrected chi connectivity index (χ1v) is 6.23. The van der Waals surface area contributed by atoms with Gasteiger partial charge in [0.15, 0.2) is 0 Å². The molecule has 0 aromatic heterocycles. The first-order chi connectivity index (χ1) is 9.76. The van der Waals surface area contributed by atoms with Crippen molar-refractivity contribution in [2.75, 3.05) is 0 Å². The number of hydrogen-bond donors (Lipinski definition) is 2. The van der Waals surface area contributed by atoms with Gasteiger partial charge in [0.1, 0.15) is 0 Å². The van der Waals surface area contributed by atoms with Crippen molar-refractivity contribution in [2.45, 2.75) is 20.3 Å². The Kier molecular flexibility index (Phi) is 12.2. The predicted molar refractivity (Wildman–Crippen MR) is 86.0 cm³/mol. The first-order valence-electron chi connectivity index (χ1n) is 6.23. The highest BCUT2D eigenvalue weighted by atomic mass is 16.4. The molecule has 0 saturated carbocycles. The number of carboxylic acids is 2. The van der Waals surface area contributed by atoms with Gasteiger partial charge in [-0.15, -0.1) is 0 Å². The maximum atomic E-state index is 9.83. The van der Waals surface area contributed by atoms with Gasteiger partial charge in [-0.3, -0.25) is 0 Å². The molecule has 0 saturated heterocycles. The molecule has 0 bridgehead atoms. The number of carboxylic acid groups (broad SMARTS) is 2. The summed E-state index contributed by atoms with van der Waals surface area (Å²) in [6, 6.07) is 10.0. The summed E-state index contributed by atoms with van der Waals surface area (Å²) < 4.78 is 0. The minimum atomic E-state index is -0.935. The Bertz CT molecular complexity index is 475. The van der Waals surface area contributed by atoms with Gasteiger partial charge in [-0.25, -0.2) is 9.59 Å². The monoisotopic (exact) mass is 290 g/mol. The Labute approximate surface area is 125 Å². The van der Waals surface area contributed by atoms with Gasteiger partial charge in [-0.05, 0) is 18.9 Å². The number of benzene rings is 1. The zero-order valence-corrected chi connectivity index (χ0v) is 12.5. The standard InChI is InChI=1S/C8H8.C5H8O2.C4H6O2/c1-2-8-6-4-3-5-7-8;1-3-4(2)5(6)7;1-3(2)4(5)6/h2-7H,1H2;2-3H2,1H3,(H,6,7);1H2,2H3,(H,5,6). The van der Waals surface area contributed by atoms with E-state index in [1.54, 1.807) is 6.92 Å². The topological polar surface area (TPSA) is 74.6 Å². The lowest BCUT2D eigenvalue weighted by Gasteiger charge is -1.87. The second-order valence-electron chi connectivity index (χ2n) is 3.96. The molecule has 0 amide bonds. The van der Waals surface area contributed by atoms with Crippen molar-refractivity contribution in [1.29, 1.82) is 0 Å². The minimum absolute atomic E-state index is 0.176. The van der Waals surface area contributed by atoms with E-state index < -0.39 is 11.9 Å². The zero-order chi connectivity index (χ0) is 16.8. The van der Waals surface area contributed by atoms with E-state index in [4.69, 9.17) is 10.2 Å². The van der Waals surface area contributed by atoms with Crippen LogP contribution in [0, 0.1) is 0 Å². The van der Waals surface area contributed by atoms with Gasteiger partial charge in [0.2, 0.25) is 0 Å². The molecular weight excluding hydrogens is 268 g/mol. The van der Waals surface area contributed by atoms with E-state index in [0.29, 0.717) is 6.42 Å². The Morgan fingerprint density at radius 3 is 1.67 bits per heavy atom. The summed E-state index contributed by atoms with van der Waals surface area (Å²) >= 11 is 0. The third-order valence-corrected chi connectivity index (χ3v) is 2.13. The molecular formula is C17H22O4. The maximum Gasteiger partial charge on any atom is 0.330 e. The fraction of sp³-hybridized carbons (Fsp3) is 0.176. The summed E-state index contributed by atoms with van der Waals surface area (Å²) in [4.78, 5) is 19.4. The largest absolute Gasteiger partial charge is 0.478 e. The fourth-order valence-corrected chi connectivity index (χ4v) is 0.740. The molecule has 21 heavy (non-hydrogen) atoms. The molecule has 0 spiro atoms. The molecule has 1 aromatic carbocycles. The van der Waals surface area contributed by atoms with Crippen LogP contribution in [0.3, 0.4) is 0 Å². The lowest BCUT2D eigenvalue weighted by Crippen LogP contribution is -1.95. The summed E-state index contributed by atoms with van der Waals surface area (Å²) in [6.45, 7) is 13.3. The lowest BCUT2D eigenvalue weighted by atomic mass is 10.2. The molecule has 0 aliphatic heterocycles. The second-order valence-corrected chi connectivity index (χ2v) is 3.96. The number of rotatable bonds is 4. The van der Waals surface area contributed by atoms with Crippen LogP contribution in [0.15, 0.2) is 61.2 Å². The molecule has 0 heterocycles. The molecule has 0 atom stereocenters. The van der Waals surface area contributed by atoms with Gasteiger partial charge in [-0.2, -0.15) is 0 Å². The van der Waals surface area contributed by atoms with Crippen LogP contribution in [0.1, 0.15) is 25.8 Å². The molecule has 2 N–H and O–H groups in total. The van der Waals surface area contributed by atoms with Crippen molar-refractivity contribution in [3.8, 4) is 0 Å². The van der Waals surface area contributed by atoms with Crippen molar-refractivity contribution in [3.05, 3.63) is 66.8 Å². The van der Waals surface area contributed by atoms with Gasteiger partial charge in [-0.1, -0.05) is 63.1 Å². The fourth-order valence-electron chi connectivity index (χ4n) is 0.740. The second kappa shape index (κ2) is 12.4. The Hall–Kier alpha value is -2.62. The molecule has 1 aromatic rings. The summed E-state index contributed by atoms with van der Waals surface area (Å²) in [5, 5.41) is 16.0. The Balaban J connectivity index is 0. The van der Waals surface area contributed by atoms with Crippen LogP contribution in [0.2, 0.25) is 0 Å². The van der Waals surface area contributed by atoms with Crippen LogP contribution in [-0.4, -0.2) is 22.2 Å². The van der Waals surface area contributed by atoms with Crippen molar-refractivity contribution < 1.29 is 19.8 Å². The van der Waals surface area contributed by atoms with Gasteiger partial charge in [0, 0.05) is 11.1 Å². The minimum Gasteiger partial charge on any atom is -0.478 e. The van der Waals surface area contributed by atoms with Crippen LogP contribution in [-0.2, 0) is 9.59 Å². The summed E-state index contributed by atoms with van der Waals surface area (Å²) in [6.07, 6.45) is 2.36. The van der Waals surface area contributed by atoms with Crippen LogP contribution in [0.25, 0.3) is 6.08 Å². The normalized spacial score (nSPS) is 8.10. The third kappa shape index (κ3) is 13.6. The quantitative estimate of drug-likeness (QED) is 0.821. The van der Waals surface area contributed by atoms with Gasteiger partial charge in [0.05, 0.1) is 0 Å². The van der Waals surface area contributed by atoms with Crippen molar-refractivity contribution in [3.63, 3.8) is 0 Å². The van der Waals surface area contributed by atoms with E-state index in [0.717, 1.165) is 0 Å². The molecule has 1 rings (SSSR count). The average Bonchev–Trinajstić information content (AvgIpc) is 2.48. The highest BCUT2D eigenvalue weighted by Crippen LogP contribution is 1.97. The SMILES string of the molecule is C=C(C)C(=O)O.C=C(CC)C(=O)O.C=Cc1ccccc1. The Morgan fingerprint density at radius 1 is 1.10 bits per heavy atom. The molecule has 0 fully saturated rings. The van der Waals surface area contributed by atoms with Crippen LogP contribution in [0.5, 0.6) is 0 Å². The molecule has 0 aliphatic carbocycles. The predicted octanol–water partition coefficient (Wildman–Crippen LogP) is 4.01. The third-order valence-electron chi connectivity index (χ3n) is 2.13. The van der Waals surface area contributed by atoms with Crippen molar-refractivity contribution in [2.24, 2.45) is 0 Å². The van der Waals surface area contributed by atoms with Gasteiger partial charge < -0.3 is 10.2 Å². The highest BCUT2D eigenvalue weighted by molar-refractivity contribution is 5.85. The molecule has 114 valence electrons. The number of carbonyl (C=O) groups is 2. The molecule has 4 nitrogen and oxygen atoms in total.